The number of hydrogen-bond donors (Lipinski definition) is 0. The third kappa shape index (κ3) is 2.30. The van der Waals surface area contributed by atoms with E-state index in [1.54, 1.807) is 0 Å². The van der Waals surface area contributed by atoms with E-state index in [4.69, 9.17) is 4.74 Å². The van der Waals surface area contributed by atoms with Gasteiger partial charge in [-0.05, 0) is 25.5 Å². The topological polar surface area (TPSA) is 38.7 Å². The summed E-state index contributed by atoms with van der Waals surface area (Å²) in [6.45, 7) is 5.22. The molecule has 16 heavy (non-hydrogen) atoms. The molecule has 0 aromatic heterocycles. The van der Waals surface area contributed by atoms with Crippen molar-refractivity contribution in [3.63, 3.8) is 0 Å². The zero-order valence-electron chi connectivity index (χ0n) is 9.62. The van der Waals surface area contributed by atoms with Crippen LogP contribution in [0.3, 0.4) is 0 Å². The minimum atomic E-state index is 0.0850. The number of ether oxygens (including phenoxy) is 1. The number of ketones is 1. The molecule has 1 aliphatic heterocycles. The zero-order chi connectivity index (χ0) is 11.5. The number of aliphatic imine (C=N–C) groups is 1. The molecule has 3 nitrogen and oxygen atoms in total. The van der Waals surface area contributed by atoms with Crippen LogP contribution in [0.15, 0.2) is 23.2 Å². The maximum atomic E-state index is 12.0. The van der Waals surface area contributed by atoms with Gasteiger partial charge in [-0.1, -0.05) is 17.7 Å². The van der Waals surface area contributed by atoms with Crippen LogP contribution < -0.4 is 0 Å². The first-order valence-electron chi connectivity index (χ1n) is 5.43. The van der Waals surface area contributed by atoms with Crippen LogP contribution in [0.2, 0.25) is 0 Å². The van der Waals surface area contributed by atoms with Crippen LogP contribution >= 0.6 is 0 Å². The summed E-state index contributed by atoms with van der Waals surface area (Å²) in [6, 6.07) is 5.91. The molecule has 84 valence electrons. The van der Waals surface area contributed by atoms with Crippen molar-refractivity contribution in [3.8, 4) is 0 Å². The third-order valence-corrected chi connectivity index (χ3v) is 2.65. The Morgan fingerprint density at radius 2 is 2.25 bits per heavy atom. The van der Waals surface area contributed by atoms with Crippen molar-refractivity contribution < 1.29 is 9.53 Å². The fourth-order valence-electron chi connectivity index (χ4n) is 1.76. The predicted octanol–water partition coefficient (Wildman–Crippen LogP) is 2.30. The molecule has 0 amide bonds. The zero-order valence-corrected chi connectivity index (χ0v) is 9.62. The van der Waals surface area contributed by atoms with Gasteiger partial charge in [0, 0.05) is 5.56 Å². The van der Waals surface area contributed by atoms with E-state index < -0.39 is 0 Å². The minimum Gasteiger partial charge on any atom is -0.479 e. The summed E-state index contributed by atoms with van der Waals surface area (Å²) < 4.78 is 5.24. The second kappa shape index (κ2) is 4.47. The van der Waals surface area contributed by atoms with Crippen molar-refractivity contribution in [1.29, 1.82) is 0 Å². The lowest BCUT2D eigenvalue weighted by molar-refractivity contribution is 0.0994. The van der Waals surface area contributed by atoms with Gasteiger partial charge in [0.2, 0.25) is 0 Å². The summed E-state index contributed by atoms with van der Waals surface area (Å²) in [5.74, 6) is 0.660. The lowest BCUT2D eigenvalue weighted by Gasteiger charge is -2.06. The first kappa shape index (κ1) is 10.9. The Kier molecular flexibility index (Phi) is 3.04. The Labute approximate surface area is 95.2 Å². The van der Waals surface area contributed by atoms with Gasteiger partial charge in [0.05, 0.1) is 13.0 Å². The minimum absolute atomic E-state index is 0.0850. The Hall–Kier alpha value is -1.64. The highest BCUT2D eigenvalue weighted by Gasteiger charge is 2.15. The van der Waals surface area contributed by atoms with Gasteiger partial charge in [0.15, 0.2) is 11.7 Å². The number of nitrogens with zero attached hydrogens (tertiary/aromatic N) is 1. The van der Waals surface area contributed by atoms with Crippen molar-refractivity contribution in [1.82, 2.24) is 0 Å². The molecule has 1 aliphatic rings. The number of rotatable bonds is 3. The molecule has 0 aliphatic carbocycles. The highest BCUT2D eigenvalue weighted by atomic mass is 16.5. The van der Waals surface area contributed by atoms with Crippen molar-refractivity contribution >= 4 is 11.7 Å². The van der Waals surface area contributed by atoms with Gasteiger partial charge in [0.25, 0.3) is 0 Å². The van der Waals surface area contributed by atoms with Crippen molar-refractivity contribution in [3.05, 3.63) is 34.9 Å². The maximum Gasteiger partial charge on any atom is 0.191 e. The highest BCUT2D eigenvalue weighted by molar-refractivity contribution is 6.08. The van der Waals surface area contributed by atoms with E-state index in [9.17, 15) is 4.79 Å². The van der Waals surface area contributed by atoms with Crippen molar-refractivity contribution in [2.45, 2.75) is 20.3 Å². The van der Waals surface area contributed by atoms with Gasteiger partial charge in [-0.15, -0.1) is 0 Å². The van der Waals surface area contributed by atoms with E-state index in [0.29, 0.717) is 19.0 Å². The second-order valence-electron chi connectivity index (χ2n) is 4.04. The molecule has 1 aromatic rings. The molecule has 0 unspecified atom stereocenters. The number of carbonyl (C=O) groups is 1. The summed E-state index contributed by atoms with van der Waals surface area (Å²) >= 11 is 0. The van der Waals surface area contributed by atoms with Crippen LogP contribution in [0, 0.1) is 13.8 Å². The van der Waals surface area contributed by atoms with Crippen molar-refractivity contribution in [2.24, 2.45) is 4.99 Å². The van der Waals surface area contributed by atoms with E-state index in [0.717, 1.165) is 16.7 Å². The average Bonchev–Trinajstić information content (AvgIpc) is 2.74. The van der Waals surface area contributed by atoms with Crippen LogP contribution in [0.1, 0.15) is 27.9 Å². The summed E-state index contributed by atoms with van der Waals surface area (Å²) in [4.78, 5) is 16.1. The maximum absolute atomic E-state index is 12.0. The first-order valence-corrected chi connectivity index (χ1v) is 5.43. The number of carbonyl (C=O) groups excluding carboxylic acids is 1. The molecule has 0 N–H and O–H groups in total. The molecule has 0 saturated heterocycles. The Morgan fingerprint density at radius 3 is 2.94 bits per heavy atom. The molecule has 0 bridgehead atoms. The molecule has 3 heteroatoms. The van der Waals surface area contributed by atoms with Crippen LogP contribution in [0.5, 0.6) is 0 Å². The van der Waals surface area contributed by atoms with Gasteiger partial charge in [-0.25, -0.2) is 0 Å². The Balaban J connectivity index is 2.16. The molecular formula is C13H15NO2. The summed E-state index contributed by atoms with van der Waals surface area (Å²) in [7, 11) is 0. The van der Waals surface area contributed by atoms with Crippen LogP contribution in [0.25, 0.3) is 0 Å². The molecule has 1 heterocycles. The normalized spacial score (nSPS) is 14.5. The Morgan fingerprint density at radius 1 is 1.44 bits per heavy atom. The van der Waals surface area contributed by atoms with Gasteiger partial charge in [0.1, 0.15) is 6.61 Å². The number of Topliss-reactive ketones (excluding diaryl/α,β-unsaturated/α-hetero) is 1. The highest BCUT2D eigenvalue weighted by Crippen LogP contribution is 2.14. The molecule has 0 spiro atoms. The van der Waals surface area contributed by atoms with E-state index >= 15 is 0 Å². The number of benzene rings is 1. The third-order valence-electron chi connectivity index (χ3n) is 2.65. The number of aryl methyl sites for hydroxylation is 2. The predicted molar refractivity (Wildman–Crippen MR) is 63.1 cm³/mol. The van der Waals surface area contributed by atoms with Crippen LogP contribution in [-0.2, 0) is 4.74 Å². The fourth-order valence-corrected chi connectivity index (χ4v) is 1.76. The molecule has 0 fully saturated rings. The van der Waals surface area contributed by atoms with Gasteiger partial charge in [-0.2, -0.15) is 0 Å². The molecule has 2 rings (SSSR count). The molecule has 0 saturated carbocycles. The monoisotopic (exact) mass is 217 g/mol. The molecule has 0 atom stereocenters. The van der Waals surface area contributed by atoms with Crippen molar-refractivity contribution in [2.75, 3.05) is 13.2 Å². The van der Waals surface area contributed by atoms with E-state index in [-0.39, 0.29) is 12.2 Å². The van der Waals surface area contributed by atoms with Gasteiger partial charge in [-0.3, -0.25) is 9.79 Å². The standard InChI is InChI=1S/C13H15NO2/c1-9-3-4-10(2)11(7-9)12(15)8-13-14-5-6-16-13/h3-4,7H,5-6,8H2,1-2H3. The lowest BCUT2D eigenvalue weighted by atomic mass is 10.0. The molecular weight excluding hydrogens is 202 g/mol. The SMILES string of the molecule is Cc1ccc(C)c(C(=O)CC2=NCCO2)c1. The van der Waals surface area contributed by atoms with Crippen LogP contribution in [-0.4, -0.2) is 24.8 Å². The summed E-state index contributed by atoms with van der Waals surface area (Å²) in [5, 5.41) is 0. The van der Waals surface area contributed by atoms with Gasteiger partial charge >= 0.3 is 0 Å². The second-order valence-corrected chi connectivity index (χ2v) is 4.04. The first-order chi connectivity index (χ1) is 7.66. The largest absolute Gasteiger partial charge is 0.479 e. The summed E-state index contributed by atoms with van der Waals surface area (Å²) in [6.07, 6.45) is 0.282. The van der Waals surface area contributed by atoms with E-state index in [2.05, 4.69) is 4.99 Å². The average molecular weight is 217 g/mol. The fraction of sp³-hybridized carbons (Fsp3) is 0.385. The van der Waals surface area contributed by atoms with E-state index in [1.807, 2.05) is 32.0 Å². The summed E-state index contributed by atoms with van der Waals surface area (Å²) in [5.41, 5.74) is 2.88. The quantitative estimate of drug-likeness (QED) is 0.729. The van der Waals surface area contributed by atoms with Crippen LogP contribution in [0.4, 0.5) is 0 Å². The molecule has 1 aromatic carbocycles. The molecule has 0 radical (unpaired) electrons. The Bertz CT molecular complexity index is 449. The van der Waals surface area contributed by atoms with E-state index in [1.165, 1.54) is 0 Å². The number of hydrogen-bond acceptors (Lipinski definition) is 3. The smallest absolute Gasteiger partial charge is 0.191 e. The lowest BCUT2D eigenvalue weighted by Crippen LogP contribution is -2.10. The van der Waals surface area contributed by atoms with Gasteiger partial charge < -0.3 is 4.74 Å².